The summed E-state index contributed by atoms with van der Waals surface area (Å²) in [6.07, 6.45) is -6.28. The van der Waals surface area contributed by atoms with Crippen LogP contribution >= 0.6 is 0 Å². The maximum absolute atomic E-state index is 14.5. The van der Waals surface area contributed by atoms with Crippen molar-refractivity contribution in [3.63, 3.8) is 0 Å². The molecule has 4 aromatic carbocycles. The second kappa shape index (κ2) is 22.3. The van der Waals surface area contributed by atoms with Crippen LogP contribution in [0.15, 0.2) is 144 Å². The molecule has 5 heterocycles. The first kappa shape index (κ1) is 55.7. The fraction of sp³-hybridized carbons (Fsp3) is 0.273. The molecule has 9 rings (SSSR count). The van der Waals surface area contributed by atoms with Crippen LogP contribution in [-0.2, 0) is 38.6 Å². The largest absolute Gasteiger partial charge is 0.748 e. The van der Waals surface area contributed by atoms with Crippen molar-refractivity contribution in [1.29, 1.82) is 10.5 Å². The number of nitriles is 2. The summed E-state index contributed by atoms with van der Waals surface area (Å²) in [5.74, 6) is -2.23. The number of nitrogens with one attached hydrogen (secondary N) is 2. The molecule has 412 valence electrons. The smallest absolute Gasteiger partial charge is 0.416 e. The average molecular weight is 1120 g/mol. The Balaban J connectivity index is 0.963. The van der Waals surface area contributed by atoms with E-state index in [4.69, 9.17) is 0 Å². The van der Waals surface area contributed by atoms with Gasteiger partial charge in [0.2, 0.25) is 0 Å². The number of anilines is 2. The highest BCUT2D eigenvalue weighted by molar-refractivity contribution is 7.85. The Bertz CT molecular complexity index is 3370. The topological polar surface area (TPSA) is 234 Å². The van der Waals surface area contributed by atoms with Crippen LogP contribution in [0.25, 0.3) is 0 Å². The number of rotatable bonds is 17. The molecule has 0 bridgehead atoms. The Morgan fingerprint density at radius 2 is 1.07 bits per heavy atom. The summed E-state index contributed by atoms with van der Waals surface area (Å²) >= 11 is 0. The lowest BCUT2D eigenvalue weighted by atomic mass is 9.94. The maximum atomic E-state index is 14.5. The van der Waals surface area contributed by atoms with Crippen molar-refractivity contribution in [2.24, 2.45) is 0 Å². The lowest BCUT2D eigenvalue weighted by molar-refractivity contribution is -0.696. The van der Waals surface area contributed by atoms with Crippen LogP contribution < -0.4 is 25.0 Å². The van der Waals surface area contributed by atoms with Crippen LogP contribution in [-0.4, -0.2) is 102 Å². The first-order chi connectivity index (χ1) is 38.0. The number of urea groups is 2. The average Bonchev–Trinajstić information content (AvgIpc) is 3.94. The number of pyridine rings is 1. The molecule has 2 atom stereocenters. The van der Waals surface area contributed by atoms with Gasteiger partial charge >= 0.3 is 24.4 Å². The van der Waals surface area contributed by atoms with Gasteiger partial charge in [-0.15, -0.1) is 0 Å². The van der Waals surface area contributed by atoms with Crippen molar-refractivity contribution in [3.05, 3.63) is 183 Å². The third-order valence-corrected chi connectivity index (χ3v) is 14.7. The number of aromatic nitrogens is 1. The Kier molecular flexibility index (Phi) is 15.6. The standard InChI is InChI=1S/C55H46F6N10O8S/c56-54(57,58)39-6-1-8-41(28-39)70-43-32-68(50(73)45(43)47(64-52(70)75)36-14-10-34(30-62)11-15-36)23-3-21-67(49(72)38-18-25-66(26-19-38)20-5-27-80(77,78)79)22-4-24-69-33-44-46(51(69)74)48(37-16-12-35(31-63)13-17-37)65-53(76)71(44)42-9-2-7-40(29-42)55(59,60)61/h1-2,6-19,25-26,28-29,47-48H,3-5,20-24,27,32-33H2,(H2-,64,65,75,76,77,78,79)/t47-,48-/m1/s1. The molecule has 0 unspecified atom stereocenters. The number of benzene rings is 4. The van der Waals surface area contributed by atoms with E-state index in [0.29, 0.717) is 22.3 Å². The summed E-state index contributed by atoms with van der Waals surface area (Å²) in [5, 5.41) is 24.3. The van der Waals surface area contributed by atoms with Gasteiger partial charge in [0.15, 0.2) is 12.4 Å². The van der Waals surface area contributed by atoms with Gasteiger partial charge in [-0.25, -0.2) is 22.6 Å². The van der Waals surface area contributed by atoms with Crippen molar-refractivity contribution >= 4 is 51.3 Å². The van der Waals surface area contributed by atoms with Gasteiger partial charge in [0.1, 0.15) is 6.54 Å². The van der Waals surface area contributed by atoms with Crippen LogP contribution in [0.2, 0.25) is 0 Å². The minimum absolute atomic E-state index is 0.00320. The molecule has 4 aliphatic rings. The summed E-state index contributed by atoms with van der Waals surface area (Å²) in [5.41, 5.74) is -0.398. The minimum atomic E-state index is -4.76. The van der Waals surface area contributed by atoms with Crippen molar-refractivity contribution in [3.8, 4) is 12.1 Å². The molecule has 0 saturated carbocycles. The Morgan fingerprint density at radius 1 is 0.650 bits per heavy atom. The highest BCUT2D eigenvalue weighted by Gasteiger charge is 2.47. The number of nitrogens with zero attached hydrogens (tertiary/aromatic N) is 8. The number of alkyl halides is 6. The van der Waals surface area contributed by atoms with E-state index in [1.54, 1.807) is 28.8 Å². The normalized spacial score (nSPS) is 17.5. The van der Waals surface area contributed by atoms with Crippen molar-refractivity contribution in [2.45, 2.75) is 50.2 Å². The predicted molar refractivity (Wildman–Crippen MR) is 271 cm³/mol. The molecule has 25 heteroatoms. The van der Waals surface area contributed by atoms with E-state index < -0.39 is 81.2 Å². The molecule has 5 aromatic rings. The Morgan fingerprint density at radius 3 is 1.46 bits per heavy atom. The molecule has 2 N–H and O–H groups in total. The molecule has 7 amide bonds. The molecular formula is C55H46F6N10O8S. The van der Waals surface area contributed by atoms with E-state index in [1.165, 1.54) is 75.6 Å². The molecule has 0 spiro atoms. The van der Waals surface area contributed by atoms with Crippen LogP contribution in [0.1, 0.15) is 75.1 Å². The highest BCUT2D eigenvalue weighted by atomic mass is 32.2. The zero-order chi connectivity index (χ0) is 57.3. The molecule has 80 heavy (non-hydrogen) atoms. The number of carbonyl (C=O) groups excluding carboxylic acids is 5. The zero-order valence-corrected chi connectivity index (χ0v) is 42.8. The minimum Gasteiger partial charge on any atom is -0.748 e. The van der Waals surface area contributed by atoms with E-state index in [0.717, 1.165) is 46.2 Å². The van der Waals surface area contributed by atoms with E-state index >= 15 is 0 Å². The Hall–Kier alpha value is -9.07. The van der Waals surface area contributed by atoms with Gasteiger partial charge in [0.05, 0.1) is 109 Å². The van der Waals surface area contributed by atoms with Gasteiger partial charge < -0.3 is 29.9 Å². The van der Waals surface area contributed by atoms with Gasteiger partial charge in [-0.05, 0) is 84.6 Å². The van der Waals surface area contributed by atoms with Crippen LogP contribution in [0.4, 0.5) is 47.3 Å². The van der Waals surface area contributed by atoms with E-state index in [2.05, 4.69) is 10.6 Å². The van der Waals surface area contributed by atoms with Crippen molar-refractivity contribution in [1.82, 2.24) is 25.3 Å². The molecule has 18 nitrogen and oxygen atoms in total. The third kappa shape index (κ3) is 11.8. The van der Waals surface area contributed by atoms with Crippen LogP contribution in [0.3, 0.4) is 0 Å². The quantitative estimate of drug-likeness (QED) is 0.0547. The molecular weight excluding hydrogens is 1070 g/mol. The summed E-state index contributed by atoms with van der Waals surface area (Å²) in [6.45, 7) is -0.440. The van der Waals surface area contributed by atoms with Crippen LogP contribution in [0.5, 0.6) is 0 Å². The molecule has 1 aromatic heterocycles. The summed E-state index contributed by atoms with van der Waals surface area (Å²) in [4.78, 5) is 77.7. The Labute approximate surface area is 453 Å². The lowest BCUT2D eigenvalue weighted by Crippen LogP contribution is -2.47. The fourth-order valence-electron chi connectivity index (χ4n) is 10.1. The van der Waals surface area contributed by atoms with Gasteiger partial charge in [-0.2, -0.15) is 36.9 Å². The van der Waals surface area contributed by atoms with Crippen molar-refractivity contribution in [2.75, 3.05) is 54.8 Å². The monoisotopic (exact) mass is 1120 g/mol. The molecule has 0 radical (unpaired) electrons. The second-order valence-corrected chi connectivity index (χ2v) is 20.6. The summed E-state index contributed by atoms with van der Waals surface area (Å²) in [7, 11) is -4.48. The van der Waals surface area contributed by atoms with E-state index in [1.807, 2.05) is 12.1 Å². The maximum Gasteiger partial charge on any atom is 0.416 e. The first-order valence-corrected chi connectivity index (χ1v) is 26.4. The molecule has 0 fully saturated rings. The zero-order valence-electron chi connectivity index (χ0n) is 42.0. The summed E-state index contributed by atoms with van der Waals surface area (Å²) < 4.78 is 119. The van der Waals surface area contributed by atoms with Gasteiger partial charge in [0.25, 0.3) is 17.7 Å². The number of carbonyl (C=O) groups is 5. The number of aryl methyl sites for hydroxylation is 1. The number of hydrogen-bond acceptors (Lipinski definition) is 10. The summed E-state index contributed by atoms with van der Waals surface area (Å²) in [6, 6.07) is 23.5. The van der Waals surface area contributed by atoms with Gasteiger partial charge in [0, 0.05) is 50.5 Å². The molecule has 0 aliphatic carbocycles. The highest BCUT2D eigenvalue weighted by Crippen LogP contribution is 2.42. The fourth-order valence-corrected chi connectivity index (χ4v) is 10.6. The van der Waals surface area contributed by atoms with E-state index in [9.17, 15) is 73.8 Å². The van der Waals surface area contributed by atoms with E-state index in [-0.39, 0.29) is 105 Å². The second-order valence-electron chi connectivity index (χ2n) is 19.1. The van der Waals surface area contributed by atoms with Crippen LogP contribution in [0, 0.1) is 22.7 Å². The molecule has 4 aliphatic heterocycles. The number of halogens is 6. The third-order valence-electron chi connectivity index (χ3n) is 14.0. The number of hydrogen-bond donors (Lipinski definition) is 2. The van der Waals surface area contributed by atoms with Gasteiger partial charge in [-0.3, -0.25) is 24.2 Å². The predicted octanol–water partition coefficient (Wildman–Crippen LogP) is 7.05. The van der Waals surface area contributed by atoms with Crippen molar-refractivity contribution < 1.29 is 67.9 Å². The first-order valence-electron chi connectivity index (χ1n) is 24.9. The van der Waals surface area contributed by atoms with Gasteiger partial charge in [-0.1, -0.05) is 36.4 Å². The SMILES string of the molecule is N#Cc1ccc([C@H]2NC(=O)N(c3cccc(C(F)(F)F)c3)C3=C2C(=O)N(CCCN(CCCN2CC4=C(C2=O)[C@@H](c2ccc(C#N)cc2)NC(=O)N4c2cccc(C(F)(F)F)c2)C(=O)c2cc[n+](CCCS(=O)(=O)[O-])cc2)C3)cc1. The number of amides is 7. The molecule has 0 saturated heterocycles. The lowest BCUT2D eigenvalue weighted by Gasteiger charge is -2.34.